The van der Waals surface area contributed by atoms with Crippen molar-refractivity contribution in [3.8, 4) is 0 Å². The third-order valence-electron chi connectivity index (χ3n) is 3.76. The van der Waals surface area contributed by atoms with Gasteiger partial charge in [-0.15, -0.1) is 0 Å². The molecule has 0 aliphatic heterocycles. The minimum atomic E-state index is 0.372. The first-order valence-electron chi connectivity index (χ1n) is 6.56. The van der Waals surface area contributed by atoms with Crippen LogP contribution in [0, 0.1) is 5.41 Å². The Bertz CT molecular complexity index is 401. The highest BCUT2D eigenvalue weighted by Crippen LogP contribution is 2.55. The van der Waals surface area contributed by atoms with Gasteiger partial charge >= 0.3 is 0 Å². The molecule has 1 saturated carbocycles. The van der Waals surface area contributed by atoms with E-state index in [-0.39, 0.29) is 0 Å². The van der Waals surface area contributed by atoms with Gasteiger partial charge in [0, 0.05) is 7.11 Å². The number of aromatic nitrogens is 2. The molecule has 0 amide bonds. The second-order valence-corrected chi connectivity index (χ2v) is 6.09. The molecule has 1 aliphatic rings. The smallest absolute Gasteiger partial charge is 0.0702 e. The Labute approximate surface area is 117 Å². The molecule has 2 rings (SSSR count). The topological polar surface area (TPSA) is 39.1 Å². The van der Waals surface area contributed by atoms with Gasteiger partial charge in [0.1, 0.15) is 0 Å². The van der Waals surface area contributed by atoms with E-state index in [1.165, 1.54) is 18.5 Å². The maximum atomic E-state index is 5.15. The molecule has 5 heteroatoms. The summed E-state index contributed by atoms with van der Waals surface area (Å²) in [7, 11) is 1.72. The maximum Gasteiger partial charge on any atom is 0.0702 e. The normalized spacial score (nSPS) is 18.9. The molecule has 1 heterocycles. The van der Waals surface area contributed by atoms with Gasteiger partial charge in [-0.2, -0.15) is 5.10 Å². The standard InChI is InChI=1S/C13H22BrN3O/c1-4-15-12(13(2)5-6-13)11-10(14)9-16-17(11)7-8-18-3/h9,12,15H,4-8H2,1-3H3. The fraction of sp³-hybridized carbons (Fsp3) is 0.769. The fourth-order valence-electron chi connectivity index (χ4n) is 2.38. The Kier molecular flexibility index (Phi) is 4.45. The average Bonchev–Trinajstić information content (AvgIpc) is 2.99. The van der Waals surface area contributed by atoms with Crippen molar-refractivity contribution in [2.24, 2.45) is 5.41 Å². The van der Waals surface area contributed by atoms with Gasteiger partial charge in [-0.3, -0.25) is 4.68 Å². The molecular formula is C13H22BrN3O. The SMILES string of the molecule is CCNC(c1c(Br)cnn1CCOC)C1(C)CC1. The first kappa shape index (κ1) is 14.0. The molecule has 0 saturated heterocycles. The number of ether oxygens (including phenoxy) is 1. The number of hydrogen-bond acceptors (Lipinski definition) is 3. The van der Waals surface area contributed by atoms with Gasteiger partial charge in [-0.25, -0.2) is 0 Å². The van der Waals surface area contributed by atoms with E-state index in [1.54, 1.807) is 7.11 Å². The molecular weight excluding hydrogens is 294 g/mol. The molecule has 18 heavy (non-hydrogen) atoms. The van der Waals surface area contributed by atoms with E-state index < -0.39 is 0 Å². The Hall–Kier alpha value is -0.390. The quantitative estimate of drug-likeness (QED) is 0.841. The molecule has 1 fully saturated rings. The summed E-state index contributed by atoms with van der Waals surface area (Å²) in [6, 6.07) is 0.372. The van der Waals surface area contributed by atoms with Crippen LogP contribution in [0.15, 0.2) is 10.7 Å². The molecule has 1 unspecified atom stereocenters. The molecule has 1 atom stereocenters. The molecule has 0 spiro atoms. The Morgan fingerprint density at radius 3 is 2.89 bits per heavy atom. The lowest BCUT2D eigenvalue weighted by molar-refractivity contribution is 0.180. The molecule has 0 aromatic carbocycles. The van der Waals surface area contributed by atoms with Crippen molar-refractivity contribution in [3.63, 3.8) is 0 Å². The minimum absolute atomic E-state index is 0.372. The molecule has 1 aromatic rings. The molecule has 1 aliphatic carbocycles. The van der Waals surface area contributed by atoms with E-state index in [2.05, 4.69) is 44.9 Å². The van der Waals surface area contributed by atoms with E-state index in [9.17, 15) is 0 Å². The van der Waals surface area contributed by atoms with Gasteiger partial charge in [0.15, 0.2) is 0 Å². The molecule has 0 radical (unpaired) electrons. The van der Waals surface area contributed by atoms with E-state index in [0.29, 0.717) is 18.1 Å². The predicted octanol–water partition coefficient (Wildman–Crippen LogP) is 2.74. The van der Waals surface area contributed by atoms with E-state index in [0.717, 1.165) is 17.6 Å². The number of hydrogen-bond donors (Lipinski definition) is 1. The van der Waals surface area contributed by atoms with Crippen molar-refractivity contribution < 1.29 is 4.74 Å². The first-order valence-corrected chi connectivity index (χ1v) is 7.35. The number of nitrogens with zero attached hydrogens (tertiary/aromatic N) is 2. The van der Waals surface area contributed by atoms with Crippen LogP contribution in [0.2, 0.25) is 0 Å². The summed E-state index contributed by atoms with van der Waals surface area (Å²) in [4.78, 5) is 0. The summed E-state index contributed by atoms with van der Waals surface area (Å²) in [5, 5.41) is 8.06. The monoisotopic (exact) mass is 315 g/mol. The van der Waals surface area contributed by atoms with Crippen molar-refractivity contribution in [1.82, 2.24) is 15.1 Å². The fourth-order valence-corrected chi connectivity index (χ4v) is 2.90. The van der Waals surface area contributed by atoms with Gasteiger partial charge in [0.2, 0.25) is 0 Å². The van der Waals surface area contributed by atoms with Gasteiger partial charge in [0.25, 0.3) is 0 Å². The second kappa shape index (κ2) is 5.72. The Morgan fingerprint density at radius 1 is 1.61 bits per heavy atom. The van der Waals surface area contributed by atoms with Gasteiger partial charge in [-0.05, 0) is 40.7 Å². The van der Waals surface area contributed by atoms with Crippen LogP contribution in [0.4, 0.5) is 0 Å². The largest absolute Gasteiger partial charge is 0.383 e. The zero-order chi connectivity index (χ0) is 13.2. The summed E-state index contributed by atoms with van der Waals surface area (Å²) in [6.07, 6.45) is 4.46. The van der Waals surface area contributed by atoms with Crippen LogP contribution in [0.5, 0.6) is 0 Å². The van der Waals surface area contributed by atoms with Crippen molar-refractivity contribution in [2.45, 2.75) is 39.3 Å². The number of halogens is 1. The highest BCUT2D eigenvalue weighted by molar-refractivity contribution is 9.10. The second-order valence-electron chi connectivity index (χ2n) is 5.24. The van der Waals surface area contributed by atoms with Crippen molar-refractivity contribution in [3.05, 3.63) is 16.4 Å². The zero-order valence-electron chi connectivity index (χ0n) is 11.4. The van der Waals surface area contributed by atoms with Crippen LogP contribution in [-0.2, 0) is 11.3 Å². The maximum absolute atomic E-state index is 5.15. The molecule has 0 bridgehead atoms. The third kappa shape index (κ3) is 2.78. The first-order chi connectivity index (χ1) is 8.62. The van der Waals surface area contributed by atoms with E-state index in [1.807, 2.05) is 6.20 Å². The summed E-state index contributed by atoms with van der Waals surface area (Å²) < 4.78 is 8.31. The predicted molar refractivity (Wildman–Crippen MR) is 75.6 cm³/mol. The third-order valence-corrected chi connectivity index (χ3v) is 4.37. The molecule has 1 aromatic heterocycles. The van der Waals surface area contributed by atoms with Crippen molar-refractivity contribution in [2.75, 3.05) is 20.3 Å². The Balaban J connectivity index is 2.25. The lowest BCUT2D eigenvalue weighted by Crippen LogP contribution is -2.31. The molecule has 102 valence electrons. The lowest BCUT2D eigenvalue weighted by atomic mass is 9.95. The average molecular weight is 316 g/mol. The van der Waals surface area contributed by atoms with Crippen LogP contribution < -0.4 is 5.32 Å². The molecule has 1 N–H and O–H groups in total. The lowest BCUT2D eigenvalue weighted by Gasteiger charge is -2.26. The van der Waals surface area contributed by atoms with E-state index >= 15 is 0 Å². The Morgan fingerprint density at radius 2 is 2.33 bits per heavy atom. The van der Waals surface area contributed by atoms with Crippen molar-refractivity contribution in [1.29, 1.82) is 0 Å². The number of nitrogens with one attached hydrogen (secondary N) is 1. The minimum Gasteiger partial charge on any atom is -0.383 e. The van der Waals surface area contributed by atoms with E-state index in [4.69, 9.17) is 4.74 Å². The summed E-state index contributed by atoms with van der Waals surface area (Å²) in [5.74, 6) is 0. The number of methoxy groups -OCH3 is 1. The van der Waals surface area contributed by atoms with Crippen LogP contribution in [0.25, 0.3) is 0 Å². The highest BCUT2D eigenvalue weighted by atomic mass is 79.9. The summed E-state index contributed by atoms with van der Waals surface area (Å²) >= 11 is 3.64. The summed E-state index contributed by atoms with van der Waals surface area (Å²) in [5.41, 5.74) is 1.64. The van der Waals surface area contributed by atoms with Crippen molar-refractivity contribution >= 4 is 15.9 Å². The number of rotatable bonds is 7. The van der Waals surface area contributed by atoms with Crippen LogP contribution >= 0.6 is 15.9 Å². The van der Waals surface area contributed by atoms with Crippen LogP contribution in [0.3, 0.4) is 0 Å². The van der Waals surface area contributed by atoms with Crippen LogP contribution in [0.1, 0.15) is 38.4 Å². The van der Waals surface area contributed by atoms with Gasteiger partial charge < -0.3 is 10.1 Å². The highest BCUT2D eigenvalue weighted by Gasteiger charge is 2.47. The summed E-state index contributed by atoms with van der Waals surface area (Å²) in [6.45, 7) is 6.97. The van der Waals surface area contributed by atoms with Crippen LogP contribution in [-0.4, -0.2) is 30.0 Å². The van der Waals surface area contributed by atoms with Gasteiger partial charge in [-0.1, -0.05) is 13.8 Å². The molecule has 4 nitrogen and oxygen atoms in total. The zero-order valence-corrected chi connectivity index (χ0v) is 13.0. The van der Waals surface area contributed by atoms with Gasteiger partial charge in [0.05, 0.1) is 35.6 Å².